The summed E-state index contributed by atoms with van der Waals surface area (Å²) >= 11 is 5.95. The summed E-state index contributed by atoms with van der Waals surface area (Å²) in [5.74, 6) is -3.60. The van der Waals surface area contributed by atoms with Gasteiger partial charge >= 0.3 is 6.36 Å². The lowest BCUT2D eigenvalue weighted by Gasteiger charge is -2.19. The van der Waals surface area contributed by atoms with E-state index < -0.39 is 49.3 Å². The van der Waals surface area contributed by atoms with Crippen LogP contribution in [0.15, 0.2) is 37.7 Å². The first-order valence-electron chi connectivity index (χ1n) is 7.13. The molecular formula is C12H12ClF3N6O4S. The summed E-state index contributed by atoms with van der Waals surface area (Å²) in [5.41, 5.74) is -0.443. The fourth-order valence-electron chi connectivity index (χ4n) is 2.00. The van der Waals surface area contributed by atoms with E-state index in [2.05, 4.69) is 30.7 Å². The van der Waals surface area contributed by atoms with Gasteiger partial charge in [0.05, 0.1) is 10.6 Å². The van der Waals surface area contributed by atoms with Crippen molar-refractivity contribution in [2.45, 2.75) is 30.9 Å². The molecule has 15 heteroatoms. The molecule has 0 spiro atoms. The predicted octanol–water partition coefficient (Wildman–Crippen LogP) is 2.77. The molecule has 148 valence electrons. The summed E-state index contributed by atoms with van der Waals surface area (Å²) < 4.78 is 68.1. The minimum atomic E-state index is -5.18. The van der Waals surface area contributed by atoms with Gasteiger partial charge in [0, 0.05) is 13.5 Å². The Kier molecular flexibility index (Phi) is 5.72. The predicted molar refractivity (Wildman–Crippen MR) is 84.6 cm³/mol. The molecule has 0 saturated carbocycles. The second-order valence-corrected chi connectivity index (χ2v) is 7.24. The van der Waals surface area contributed by atoms with Crippen LogP contribution in [-0.2, 0) is 10.0 Å². The van der Waals surface area contributed by atoms with Crippen molar-refractivity contribution < 1.29 is 31.1 Å². The van der Waals surface area contributed by atoms with Crippen LogP contribution < -0.4 is 14.8 Å². The molecule has 1 aliphatic rings. The van der Waals surface area contributed by atoms with Crippen LogP contribution in [0.5, 0.6) is 5.75 Å². The highest BCUT2D eigenvalue weighted by molar-refractivity contribution is 7.89. The first-order valence-corrected chi connectivity index (χ1v) is 8.99. The number of rotatable bonds is 6. The van der Waals surface area contributed by atoms with E-state index in [9.17, 15) is 26.4 Å². The molecule has 10 nitrogen and oxygen atoms in total. The average molecular weight is 429 g/mol. The van der Waals surface area contributed by atoms with E-state index >= 15 is 0 Å². The molecule has 2 rings (SSSR count). The van der Waals surface area contributed by atoms with Gasteiger partial charge < -0.3 is 10.1 Å². The van der Waals surface area contributed by atoms with Crippen molar-refractivity contribution in [3.8, 4) is 5.75 Å². The van der Waals surface area contributed by atoms with Gasteiger partial charge in [-0.05, 0) is 22.6 Å². The molecule has 1 aromatic rings. The lowest BCUT2D eigenvalue weighted by atomic mass is 10.2. The number of alkyl halides is 3. The molecule has 0 fully saturated rings. The number of halogens is 4. The summed E-state index contributed by atoms with van der Waals surface area (Å²) in [6.07, 6.45) is -5.18. The fourth-order valence-corrected chi connectivity index (χ4v) is 3.79. The maximum atomic E-state index is 12.6. The van der Waals surface area contributed by atoms with E-state index in [0.717, 1.165) is 6.07 Å². The topological polar surface area (TPSA) is 134 Å². The third-order valence-corrected chi connectivity index (χ3v) is 5.12. The summed E-state index contributed by atoms with van der Waals surface area (Å²) in [6, 6.07) is 1.54. The van der Waals surface area contributed by atoms with Gasteiger partial charge in [-0.1, -0.05) is 18.5 Å². The highest BCUT2D eigenvalue weighted by Gasteiger charge is 2.37. The fraction of sp³-hybridized carbons (Fsp3) is 0.417. The Morgan fingerprint density at radius 3 is 2.41 bits per heavy atom. The summed E-state index contributed by atoms with van der Waals surface area (Å²) in [4.78, 5) is 11.4. The third-order valence-electron chi connectivity index (χ3n) is 3.00. The smallest absolute Gasteiger partial charge is 0.404 e. The van der Waals surface area contributed by atoms with Crippen molar-refractivity contribution in [2.24, 2.45) is 20.7 Å². The van der Waals surface area contributed by atoms with E-state index in [1.807, 2.05) is 4.72 Å². The largest absolute Gasteiger partial charge is 0.573 e. The minimum absolute atomic E-state index is 0.140. The van der Waals surface area contributed by atoms with E-state index in [4.69, 9.17) is 11.6 Å². The molecule has 0 atom stereocenters. The lowest BCUT2D eigenvalue weighted by Crippen LogP contribution is -2.41. The molecule has 1 aliphatic heterocycles. The average Bonchev–Trinajstić information content (AvgIpc) is 2.91. The van der Waals surface area contributed by atoms with Crippen LogP contribution in [0.1, 0.15) is 24.2 Å². The van der Waals surface area contributed by atoms with E-state index in [0.29, 0.717) is 6.07 Å². The summed E-state index contributed by atoms with van der Waals surface area (Å²) in [6.45, 7) is 2.60. The number of hydrogen-bond donors (Lipinski definition) is 2. The quantitative estimate of drug-likeness (QED) is 0.720. The van der Waals surface area contributed by atoms with E-state index in [-0.39, 0.29) is 6.54 Å². The minimum Gasteiger partial charge on any atom is -0.404 e. The van der Waals surface area contributed by atoms with Crippen LogP contribution in [0.2, 0.25) is 5.02 Å². The number of amides is 1. The Labute approximate surface area is 155 Å². The Balaban J connectivity index is 2.54. The zero-order chi connectivity index (χ0) is 20.5. The van der Waals surface area contributed by atoms with Crippen LogP contribution in [0.3, 0.4) is 0 Å². The molecule has 0 bridgehead atoms. The SMILES string of the molecule is CCNS(=O)(=O)c1c(OC(F)(F)F)ccc(C(=O)NC2(C)N=NN=N2)c1Cl. The number of carbonyl (C=O) groups excluding carboxylic acids is 1. The summed E-state index contributed by atoms with van der Waals surface area (Å²) in [5, 5.41) is 15.0. The zero-order valence-corrected chi connectivity index (χ0v) is 15.3. The number of ether oxygens (including phenoxy) is 1. The van der Waals surface area contributed by atoms with Gasteiger partial charge in [-0.2, -0.15) is 0 Å². The maximum absolute atomic E-state index is 12.6. The van der Waals surface area contributed by atoms with Gasteiger partial charge in [-0.25, -0.2) is 13.1 Å². The van der Waals surface area contributed by atoms with Crippen molar-refractivity contribution in [1.82, 2.24) is 10.0 Å². The van der Waals surface area contributed by atoms with E-state index in [1.54, 1.807) is 0 Å². The van der Waals surface area contributed by atoms with Gasteiger partial charge in [0.1, 0.15) is 4.90 Å². The molecule has 0 unspecified atom stereocenters. The maximum Gasteiger partial charge on any atom is 0.573 e. The third kappa shape index (κ3) is 4.90. The molecule has 1 aromatic carbocycles. The second kappa shape index (κ2) is 7.36. The number of carbonyl (C=O) groups is 1. The van der Waals surface area contributed by atoms with Crippen molar-refractivity contribution in [2.75, 3.05) is 6.54 Å². The van der Waals surface area contributed by atoms with Crippen LogP contribution in [0.25, 0.3) is 0 Å². The molecule has 1 amide bonds. The summed E-state index contributed by atoms with van der Waals surface area (Å²) in [7, 11) is -4.51. The molecule has 27 heavy (non-hydrogen) atoms. The lowest BCUT2D eigenvalue weighted by molar-refractivity contribution is -0.275. The van der Waals surface area contributed by atoms with Crippen LogP contribution in [0, 0.1) is 0 Å². The van der Waals surface area contributed by atoms with Gasteiger partial charge in [-0.3, -0.25) is 4.79 Å². The highest BCUT2D eigenvalue weighted by atomic mass is 35.5. The van der Waals surface area contributed by atoms with Crippen molar-refractivity contribution >= 4 is 27.5 Å². The molecule has 2 N–H and O–H groups in total. The highest BCUT2D eigenvalue weighted by Crippen LogP contribution is 2.37. The van der Waals surface area contributed by atoms with Gasteiger partial charge in [0.15, 0.2) is 5.75 Å². The monoisotopic (exact) mass is 428 g/mol. The number of sulfonamides is 1. The number of benzene rings is 1. The van der Waals surface area contributed by atoms with Gasteiger partial charge in [0.25, 0.3) is 11.7 Å². The number of hydrogen-bond acceptors (Lipinski definition) is 8. The molecule has 0 aliphatic carbocycles. The van der Waals surface area contributed by atoms with Gasteiger partial charge in [0.2, 0.25) is 10.0 Å². The van der Waals surface area contributed by atoms with Gasteiger partial charge in [-0.15, -0.1) is 23.4 Å². The second-order valence-electron chi connectivity index (χ2n) is 5.16. The van der Waals surface area contributed by atoms with Crippen LogP contribution in [0.4, 0.5) is 13.2 Å². The first kappa shape index (κ1) is 21.0. The number of nitrogens with one attached hydrogen (secondary N) is 2. The molecule has 0 saturated heterocycles. The molecule has 1 heterocycles. The van der Waals surface area contributed by atoms with Crippen molar-refractivity contribution in [3.05, 3.63) is 22.7 Å². The normalized spacial score (nSPS) is 15.8. The Hall–Kier alpha value is -2.32. The Morgan fingerprint density at radius 2 is 1.89 bits per heavy atom. The molecule has 0 radical (unpaired) electrons. The van der Waals surface area contributed by atoms with Crippen molar-refractivity contribution in [3.63, 3.8) is 0 Å². The van der Waals surface area contributed by atoms with Crippen LogP contribution >= 0.6 is 11.6 Å². The number of nitrogens with zero attached hydrogens (tertiary/aromatic N) is 4. The Bertz CT molecular complexity index is 906. The van der Waals surface area contributed by atoms with Crippen LogP contribution in [-0.4, -0.2) is 33.0 Å². The van der Waals surface area contributed by atoms with Crippen molar-refractivity contribution in [1.29, 1.82) is 0 Å². The zero-order valence-electron chi connectivity index (χ0n) is 13.7. The first-order chi connectivity index (χ1) is 12.4. The molecular weight excluding hydrogens is 417 g/mol. The Morgan fingerprint density at radius 1 is 1.30 bits per heavy atom. The molecule has 0 aromatic heterocycles. The standard InChI is InChI=1S/C12H12ClF3N6O4S/c1-3-17-27(24,25)9-7(26-12(14,15)16)5-4-6(8(9)13)10(23)18-11(2)19-21-22-20-11/h4-5,17H,3H2,1-2H3,(H,18,23). The van der Waals surface area contributed by atoms with E-state index in [1.165, 1.54) is 13.8 Å².